The molecule has 0 amide bonds. The maximum atomic E-state index is 10.4. The van der Waals surface area contributed by atoms with Gasteiger partial charge in [-0.25, -0.2) is 0 Å². The van der Waals surface area contributed by atoms with Crippen molar-refractivity contribution in [2.24, 2.45) is 23.7 Å². The molecule has 1 N–H and O–H groups in total. The molecule has 1 saturated carbocycles. The smallest absolute Gasteiger partial charge is 0.0594 e. The summed E-state index contributed by atoms with van der Waals surface area (Å²) >= 11 is 0. The Balaban J connectivity index is 2.79. The number of rotatable bonds is 5. The average molecular weight is 254 g/mol. The van der Waals surface area contributed by atoms with Gasteiger partial charge in [0, 0.05) is 8.07 Å². The molecular formula is C15H30OSi. The maximum Gasteiger partial charge on any atom is 0.0594 e. The number of hydrogen-bond acceptors (Lipinski definition) is 1. The summed E-state index contributed by atoms with van der Waals surface area (Å²) < 4.78 is 0. The van der Waals surface area contributed by atoms with Gasteiger partial charge in [-0.1, -0.05) is 45.6 Å². The summed E-state index contributed by atoms with van der Waals surface area (Å²) in [5, 5.41) is 10.4. The van der Waals surface area contributed by atoms with Gasteiger partial charge in [0.15, 0.2) is 0 Å². The largest absolute Gasteiger partial charge is 0.393 e. The van der Waals surface area contributed by atoms with Gasteiger partial charge in [0.2, 0.25) is 0 Å². The van der Waals surface area contributed by atoms with Crippen LogP contribution >= 0.6 is 0 Å². The van der Waals surface area contributed by atoms with E-state index >= 15 is 0 Å². The predicted octanol–water partition coefficient (Wildman–Crippen LogP) is 4.17. The van der Waals surface area contributed by atoms with Crippen molar-refractivity contribution in [1.29, 1.82) is 0 Å². The van der Waals surface area contributed by atoms with Crippen LogP contribution in [0.1, 0.15) is 26.7 Å². The molecule has 4 unspecified atom stereocenters. The molecule has 1 rings (SSSR count). The Hall–Kier alpha value is -0.0831. The third-order valence-electron chi connectivity index (χ3n) is 4.21. The highest BCUT2D eigenvalue weighted by Crippen LogP contribution is 2.45. The van der Waals surface area contributed by atoms with Crippen molar-refractivity contribution in [3.05, 3.63) is 12.7 Å². The van der Waals surface area contributed by atoms with Crippen LogP contribution in [0.3, 0.4) is 0 Å². The Morgan fingerprint density at radius 1 is 1.29 bits per heavy atom. The Morgan fingerprint density at radius 3 is 2.29 bits per heavy atom. The molecule has 0 heterocycles. The molecule has 0 bridgehead atoms. The minimum Gasteiger partial charge on any atom is -0.393 e. The standard InChI is InChI=1S/C15H30OSi/c1-7-12-8-9-13(15(16)11(2)3)14(12)10-17(4,5)6/h7,11-16H,1,8-10H2,2-6H3. The van der Waals surface area contributed by atoms with Gasteiger partial charge < -0.3 is 5.11 Å². The quantitative estimate of drug-likeness (QED) is 0.577. The lowest BCUT2D eigenvalue weighted by molar-refractivity contribution is 0.0465. The van der Waals surface area contributed by atoms with Crippen LogP contribution in [0.4, 0.5) is 0 Å². The summed E-state index contributed by atoms with van der Waals surface area (Å²) in [6, 6.07) is 1.33. The zero-order chi connectivity index (χ0) is 13.2. The van der Waals surface area contributed by atoms with Crippen molar-refractivity contribution in [1.82, 2.24) is 0 Å². The topological polar surface area (TPSA) is 20.2 Å². The molecule has 1 aliphatic rings. The summed E-state index contributed by atoms with van der Waals surface area (Å²) in [6.45, 7) is 15.6. The van der Waals surface area contributed by atoms with E-state index in [1.54, 1.807) is 0 Å². The van der Waals surface area contributed by atoms with Crippen molar-refractivity contribution in [3.8, 4) is 0 Å². The normalized spacial score (nSPS) is 31.8. The van der Waals surface area contributed by atoms with Crippen LogP contribution in [-0.2, 0) is 0 Å². The second-order valence-electron chi connectivity index (χ2n) is 7.30. The van der Waals surface area contributed by atoms with E-state index in [4.69, 9.17) is 0 Å². The number of allylic oxidation sites excluding steroid dienone is 1. The fraction of sp³-hybridized carbons (Fsp3) is 0.867. The van der Waals surface area contributed by atoms with Gasteiger partial charge in [-0.15, -0.1) is 6.58 Å². The van der Waals surface area contributed by atoms with E-state index in [0.29, 0.717) is 23.7 Å². The number of aliphatic hydroxyl groups is 1. The lowest BCUT2D eigenvalue weighted by Crippen LogP contribution is -2.35. The molecule has 0 spiro atoms. The first-order chi connectivity index (χ1) is 7.76. The molecule has 0 radical (unpaired) electrons. The summed E-state index contributed by atoms with van der Waals surface area (Å²) in [6.07, 6.45) is 4.43. The monoisotopic (exact) mass is 254 g/mol. The summed E-state index contributed by atoms with van der Waals surface area (Å²) in [5.41, 5.74) is 0. The van der Waals surface area contributed by atoms with Gasteiger partial charge in [-0.05, 0) is 36.5 Å². The average Bonchev–Trinajstić information content (AvgIpc) is 2.56. The zero-order valence-corrected chi connectivity index (χ0v) is 13.2. The summed E-state index contributed by atoms with van der Waals surface area (Å²) in [4.78, 5) is 0. The van der Waals surface area contributed by atoms with E-state index in [-0.39, 0.29) is 6.10 Å². The minimum absolute atomic E-state index is 0.124. The molecule has 1 aliphatic carbocycles. The molecule has 4 atom stereocenters. The number of aliphatic hydroxyl groups excluding tert-OH is 1. The lowest BCUT2D eigenvalue weighted by Gasteiger charge is -2.33. The highest BCUT2D eigenvalue weighted by atomic mass is 28.3. The molecule has 1 nitrogen and oxygen atoms in total. The third kappa shape index (κ3) is 3.96. The second kappa shape index (κ2) is 5.70. The molecule has 0 aromatic carbocycles. The van der Waals surface area contributed by atoms with Crippen LogP contribution in [0.5, 0.6) is 0 Å². The van der Waals surface area contributed by atoms with Gasteiger partial charge in [0.25, 0.3) is 0 Å². The first kappa shape index (κ1) is 15.0. The molecule has 1 fully saturated rings. The Labute approximate surface area is 108 Å². The van der Waals surface area contributed by atoms with E-state index < -0.39 is 8.07 Å². The Bertz CT molecular complexity index is 254. The van der Waals surface area contributed by atoms with Crippen LogP contribution in [-0.4, -0.2) is 19.3 Å². The molecule has 0 aliphatic heterocycles. The van der Waals surface area contributed by atoms with Crippen LogP contribution < -0.4 is 0 Å². The Morgan fingerprint density at radius 2 is 1.88 bits per heavy atom. The van der Waals surface area contributed by atoms with Crippen LogP contribution in [0.15, 0.2) is 12.7 Å². The summed E-state index contributed by atoms with van der Waals surface area (Å²) in [7, 11) is -1.06. The van der Waals surface area contributed by atoms with E-state index in [0.717, 1.165) is 0 Å². The summed E-state index contributed by atoms with van der Waals surface area (Å²) in [5.74, 6) is 2.20. The molecular weight excluding hydrogens is 224 g/mol. The first-order valence-corrected chi connectivity index (χ1v) is 10.8. The fourth-order valence-electron chi connectivity index (χ4n) is 3.35. The van der Waals surface area contributed by atoms with E-state index in [1.807, 2.05) is 0 Å². The zero-order valence-electron chi connectivity index (χ0n) is 12.2. The third-order valence-corrected chi connectivity index (χ3v) is 5.90. The Kier molecular flexibility index (Phi) is 5.03. The predicted molar refractivity (Wildman–Crippen MR) is 78.9 cm³/mol. The van der Waals surface area contributed by atoms with Gasteiger partial charge in [-0.3, -0.25) is 0 Å². The van der Waals surface area contributed by atoms with Gasteiger partial charge in [-0.2, -0.15) is 0 Å². The van der Waals surface area contributed by atoms with Crippen LogP contribution in [0.2, 0.25) is 25.7 Å². The highest BCUT2D eigenvalue weighted by molar-refractivity contribution is 6.76. The van der Waals surface area contributed by atoms with Gasteiger partial charge in [0.1, 0.15) is 0 Å². The minimum atomic E-state index is -1.06. The fourth-order valence-corrected chi connectivity index (χ4v) is 5.37. The molecule has 0 aromatic heterocycles. The van der Waals surface area contributed by atoms with E-state index in [2.05, 4.69) is 46.1 Å². The van der Waals surface area contributed by atoms with Crippen molar-refractivity contribution < 1.29 is 5.11 Å². The second-order valence-corrected chi connectivity index (χ2v) is 12.8. The van der Waals surface area contributed by atoms with Gasteiger partial charge >= 0.3 is 0 Å². The van der Waals surface area contributed by atoms with Crippen molar-refractivity contribution >= 4 is 8.07 Å². The molecule has 2 heteroatoms. The maximum absolute atomic E-state index is 10.4. The van der Waals surface area contributed by atoms with Crippen molar-refractivity contribution in [2.45, 2.75) is 58.5 Å². The van der Waals surface area contributed by atoms with Crippen molar-refractivity contribution in [2.75, 3.05) is 0 Å². The van der Waals surface area contributed by atoms with Crippen molar-refractivity contribution in [3.63, 3.8) is 0 Å². The van der Waals surface area contributed by atoms with Crippen LogP contribution in [0, 0.1) is 23.7 Å². The number of hydrogen-bond donors (Lipinski definition) is 1. The highest BCUT2D eigenvalue weighted by Gasteiger charge is 2.41. The van der Waals surface area contributed by atoms with E-state index in [9.17, 15) is 5.11 Å². The SMILES string of the molecule is C=CC1CCC(C(O)C(C)C)C1C[Si](C)(C)C. The molecule has 100 valence electrons. The van der Waals surface area contributed by atoms with Crippen LogP contribution in [0.25, 0.3) is 0 Å². The first-order valence-electron chi connectivity index (χ1n) is 7.07. The molecule has 17 heavy (non-hydrogen) atoms. The van der Waals surface area contributed by atoms with Gasteiger partial charge in [0.05, 0.1) is 6.10 Å². The van der Waals surface area contributed by atoms with E-state index in [1.165, 1.54) is 18.9 Å². The molecule has 0 aromatic rings. The molecule has 0 saturated heterocycles. The lowest BCUT2D eigenvalue weighted by atomic mass is 9.83.